The van der Waals surface area contributed by atoms with Crippen LogP contribution in [-0.4, -0.2) is 23.7 Å². The monoisotopic (exact) mass is 216 g/mol. The molecular formula is C11H20O4. The molecule has 0 atom stereocenters. The van der Waals surface area contributed by atoms with Gasteiger partial charge in [0.1, 0.15) is 0 Å². The number of hydrogen-bond donors (Lipinski definition) is 1. The molecule has 0 aliphatic rings. The molecule has 0 fully saturated rings. The molecule has 4 nitrogen and oxygen atoms in total. The molecule has 0 aliphatic heterocycles. The zero-order valence-electron chi connectivity index (χ0n) is 9.33. The fraction of sp³-hybridized carbons (Fsp3) is 0.818. The highest BCUT2D eigenvalue weighted by Gasteiger charge is 1.97. The zero-order valence-corrected chi connectivity index (χ0v) is 9.33. The highest BCUT2D eigenvalue weighted by molar-refractivity contribution is 5.66. The molecule has 88 valence electrons. The first kappa shape index (κ1) is 13.9. The van der Waals surface area contributed by atoms with Crippen LogP contribution >= 0.6 is 0 Å². The minimum Gasteiger partial charge on any atom is -0.481 e. The van der Waals surface area contributed by atoms with E-state index in [0.29, 0.717) is 6.61 Å². The molecule has 0 heterocycles. The lowest BCUT2D eigenvalue weighted by molar-refractivity contribution is -0.141. The van der Waals surface area contributed by atoms with E-state index < -0.39 is 5.97 Å². The Hall–Kier alpha value is -1.06. The van der Waals surface area contributed by atoms with Gasteiger partial charge < -0.3 is 9.84 Å². The van der Waals surface area contributed by atoms with E-state index in [2.05, 4.69) is 0 Å². The van der Waals surface area contributed by atoms with E-state index >= 15 is 0 Å². The predicted octanol–water partition coefficient (Wildman–Crippen LogP) is 2.36. The summed E-state index contributed by atoms with van der Waals surface area (Å²) in [5, 5.41) is 8.39. The van der Waals surface area contributed by atoms with Crippen molar-refractivity contribution in [3.63, 3.8) is 0 Å². The predicted molar refractivity (Wildman–Crippen MR) is 56.6 cm³/mol. The molecule has 0 spiro atoms. The number of carboxylic acid groups (broad SMARTS) is 1. The highest BCUT2D eigenvalue weighted by Crippen LogP contribution is 2.07. The molecule has 0 unspecified atom stereocenters. The third-order valence-corrected chi connectivity index (χ3v) is 2.09. The summed E-state index contributed by atoms with van der Waals surface area (Å²) in [6.07, 6.45) is 6.10. The molecule has 0 saturated heterocycles. The first-order valence-electron chi connectivity index (χ1n) is 5.48. The topological polar surface area (TPSA) is 63.6 Å². The Labute approximate surface area is 90.6 Å². The van der Waals surface area contributed by atoms with Crippen molar-refractivity contribution in [2.45, 2.75) is 51.9 Å². The molecule has 0 aromatic carbocycles. The van der Waals surface area contributed by atoms with E-state index in [9.17, 15) is 9.59 Å². The van der Waals surface area contributed by atoms with Crippen molar-refractivity contribution in [2.75, 3.05) is 6.61 Å². The Kier molecular flexibility index (Phi) is 8.82. The standard InChI is InChI=1S/C11H20O4/c1-10(12)15-9-7-5-3-2-4-6-8-11(13)14/h2-9H2,1H3,(H,13,14). The lowest BCUT2D eigenvalue weighted by atomic mass is 10.1. The Morgan fingerprint density at radius 1 is 1.00 bits per heavy atom. The average Bonchev–Trinajstić information content (AvgIpc) is 2.14. The third kappa shape index (κ3) is 12.9. The number of aliphatic carboxylic acids is 1. The van der Waals surface area contributed by atoms with Gasteiger partial charge in [0.05, 0.1) is 6.61 Å². The van der Waals surface area contributed by atoms with Crippen LogP contribution in [-0.2, 0) is 14.3 Å². The summed E-state index contributed by atoms with van der Waals surface area (Å²) in [5.74, 6) is -0.943. The Morgan fingerprint density at radius 3 is 2.07 bits per heavy atom. The zero-order chi connectivity index (χ0) is 11.5. The van der Waals surface area contributed by atoms with Crippen LogP contribution in [0.25, 0.3) is 0 Å². The second-order valence-corrected chi connectivity index (χ2v) is 3.61. The van der Waals surface area contributed by atoms with E-state index in [4.69, 9.17) is 9.84 Å². The second-order valence-electron chi connectivity index (χ2n) is 3.61. The summed E-state index contributed by atoms with van der Waals surface area (Å²) < 4.78 is 4.78. The molecule has 1 N–H and O–H groups in total. The number of rotatable bonds is 9. The summed E-state index contributed by atoms with van der Waals surface area (Å²) in [6.45, 7) is 1.91. The quantitative estimate of drug-likeness (QED) is 0.474. The maximum Gasteiger partial charge on any atom is 0.303 e. The summed E-state index contributed by atoms with van der Waals surface area (Å²) in [5.41, 5.74) is 0. The van der Waals surface area contributed by atoms with Crippen LogP contribution in [0.3, 0.4) is 0 Å². The van der Waals surface area contributed by atoms with Gasteiger partial charge in [-0.1, -0.05) is 25.7 Å². The molecule has 0 amide bonds. The van der Waals surface area contributed by atoms with Crippen molar-refractivity contribution in [3.8, 4) is 0 Å². The van der Waals surface area contributed by atoms with Crippen LogP contribution in [0.4, 0.5) is 0 Å². The van der Waals surface area contributed by atoms with E-state index in [1.54, 1.807) is 0 Å². The summed E-state index contributed by atoms with van der Waals surface area (Å²) in [7, 11) is 0. The average molecular weight is 216 g/mol. The van der Waals surface area contributed by atoms with Gasteiger partial charge in [0.2, 0.25) is 0 Å². The molecule has 0 radical (unpaired) electrons. The normalized spacial score (nSPS) is 9.93. The minimum absolute atomic E-state index is 0.226. The van der Waals surface area contributed by atoms with Gasteiger partial charge >= 0.3 is 11.9 Å². The largest absolute Gasteiger partial charge is 0.481 e. The molecule has 4 heteroatoms. The molecule has 0 aromatic heterocycles. The number of carbonyl (C=O) groups is 2. The molecular weight excluding hydrogens is 196 g/mol. The van der Waals surface area contributed by atoms with Gasteiger partial charge in [-0.2, -0.15) is 0 Å². The van der Waals surface area contributed by atoms with Gasteiger partial charge in [0.15, 0.2) is 0 Å². The highest BCUT2D eigenvalue weighted by atomic mass is 16.5. The van der Waals surface area contributed by atoms with Crippen LogP contribution < -0.4 is 0 Å². The van der Waals surface area contributed by atoms with Crippen LogP contribution in [0.2, 0.25) is 0 Å². The number of unbranched alkanes of at least 4 members (excludes halogenated alkanes) is 5. The van der Waals surface area contributed by atoms with Crippen molar-refractivity contribution in [1.82, 2.24) is 0 Å². The van der Waals surface area contributed by atoms with Gasteiger partial charge in [0.25, 0.3) is 0 Å². The number of carbonyl (C=O) groups excluding carboxylic acids is 1. The van der Waals surface area contributed by atoms with Crippen molar-refractivity contribution >= 4 is 11.9 Å². The SMILES string of the molecule is CC(=O)OCCCCCCCCC(=O)O. The van der Waals surface area contributed by atoms with Gasteiger partial charge in [-0.3, -0.25) is 9.59 Å². The summed E-state index contributed by atoms with van der Waals surface area (Å²) in [4.78, 5) is 20.6. The molecule has 15 heavy (non-hydrogen) atoms. The Bertz CT molecular complexity index is 169. The smallest absolute Gasteiger partial charge is 0.303 e. The Balaban J connectivity index is 2.99. The number of hydrogen-bond acceptors (Lipinski definition) is 3. The van der Waals surface area contributed by atoms with Crippen molar-refractivity contribution in [2.24, 2.45) is 0 Å². The maximum absolute atomic E-state index is 10.4. The van der Waals surface area contributed by atoms with Gasteiger partial charge in [-0.05, 0) is 12.8 Å². The van der Waals surface area contributed by atoms with Gasteiger partial charge in [-0.25, -0.2) is 0 Å². The van der Waals surface area contributed by atoms with E-state index in [1.165, 1.54) is 6.92 Å². The third-order valence-electron chi connectivity index (χ3n) is 2.09. The number of esters is 1. The number of ether oxygens (including phenoxy) is 1. The van der Waals surface area contributed by atoms with Gasteiger partial charge in [0, 0.05) is 13.3 Å². The van der Waals surface area contributed by atoms with Crippen LogP contribution in [0, 0.1) is 0 Å². The Morgan fingerprint density at radius 2 is 1.53 bits per heavy atom. The molecule has 0 bridgehead atoms. The lowest BCUT2D eigenvalue weighted by Crippen LogP contribution is -2.00. The number of carboxylic acids is 1. The van der Waals surface area contributed by atoms with Crippen LogP contribution in [0.15, 0.2) is 0 Å². The summed E-state index contributed by atoms with van der Waals surface area (Å²) >= 11 is 0. The minimum atomic E-state index is -0.718. The maximum atomic E-state index is 10.4. The lowest BCUT2D eigenvalue weighted by Gasteiger charge is -2.01. The van der Waals surface area contributed by atoms with Crippen molar-refractivity contribution in [3.05, 3.63) is 0 Å². The fourth-order valence-corrected chi connectivity index (χ4v) is 1.30. The van der Waals surface area contributed by atoms with E-state index in [0.717, 1.165) is 38.5 Å². The van der Waals surface area contributed by atoms with Crippen LogP contribution in [0.5, 0.6) is 0 Å². The molecule has 0 aliphatic carbocycles. The van der Waals surface area contributed by atoms with Gasteiger partial charge in [-0.15, -0.1) is 0 Å². The van der Waals surface area contributed by atoms with E-state index in [-0.39, 0.29) is 12.4 Å². The molecule has 0 aromatic rings. The first-order valence-corrected chi connectivity index (χ1v) is 5.48. The summed E-state index contributed by atoms with van der Waals surface area (Å²) in [6, 6.07) is 0. The second kappa shape index (κ2) is 9.49. The molecule has 0 rings (SSSR count). The van der Waals surface area contributed by atoms with Crippen molar-refractivity contribution < 1.29 is 19.4 Å². The molecule has 0 saturated carbocycles. The van der Waals surface area contributed by atoms with Crippen molar-refractivity contribution in [1.29, 1.82) is 0 Å². The van der Waals surface area contributed by atoms with Crippen LogP contribution in [0.1, 0.15) is 51.9 Å². The first-order chi connectivity index (χ1) is 7.13. The van der Waals surface area contributed by atoms with E-state index in [1.807, 2.05) is 0 Å². The fourth-order valence-electron chi connectivity index (χ4n) is 1.30.